The lowest BCUT2D eigenvalue weighted by Gasteiger charge is -2.35. The molecule has 2 heterocycles. The van der Waals surface area contributed by atoms with E-state index in [-0.39, 0.29) is 5.91 Å². The van der Waals surface area contributed by atoms with Gasteiger partial charge in [0.05, 0.1) is 20.0 Å². The molecule has 82 valence electrons. The summed E-state index contributed by atoms with van der Waals surface area (Å²) in [5, 5.41) is 0. The third-order valence-corrected chi connectivity index (χ3v) is 2.83. The number of aromatic nitrogens is 1. The molecule has 0 saturated heterocycles. The van der Waals surface area contributed by atoms with Crippen LogP contribution in [0.2, 0.25) is 0 Å². The SMILES string of the molecule is Cc1nc2c(o1)CC[N+](C)(CC(N)=O)C2. The van der Waals surface area contributed by atoms with Crippen molar-refractivity contribution in [1.29, 1.82) is 0 Å². The third-order valence-electron chi connectivity index (χ3n) is 2.83. The average molecular weight is 210 g/mol. The van der Waals surface area contributed by atoms with Crippen molar-refractivity contribution in [2.24, 2.45) is 5.73 Å². The Morgan fingerprint density at radius 1 is 1.67 bits per heavy atom. The van der Waals surface area contributed by atoms with Gasteiger partial charge in [0.1, 0.15) is 18.0 Å². The molecular formula is C10H16N3O2+. The van der Waals surface area contributed by atoms with E-state index in [0.29, 0.717) is 16.9 Å². The van der Waals surface area contributed by atoms with E-state index in [1.165, 1.54) is 0 Å². The van der Waals surface area contributed by atoms with Gasteiger partial charge in [-0.05, 0) is 0 Å². The Hall–Kier alpha value is -1.36. The first kappa shape index (κ1) is 10.2. The van der Waals surface area contributed by atoms with Crippen molar-refractivity contribution >= 4 is 5.91 Å². The first-order valence-corrected chi connectivity index (χ1v) is 5.05. The number of amides is 1. The maximum Gasteiger partial charge on any atom is 0.272 e. The molecule has 0 fully saturated rings. The molecule has 1 amide bonds. The van der Waals surface area contributed by atoms with Gasteiger partial charge < -0.3 is 14.6 Å². The normalized spacial score (nSPS) is 24.9. The lowest BCUT2D eigenvalue weighted by atomic mass is 10.1. The molecule has 0 saturated carbocycles. The van der Waals surface area contributed by atoms with Crippen molar-refractivity contribution in [3.8, 4) is 0 Å². The van der Waals surface area contributed by atoms with Gasteiger partial charge in [-0.15, -0.1) is 0 Å². The Kier molecular flexibility index (Phi) is 2.26. The fraction of sp³-hybridized carbons (Fsp3) is 0.600. The molecule has 0 aliphatic carbocycles. The van der Waals surface area contributed by atoms with Gasteiger partial charge in [0.15, 0.2) is 12.4 Å². The van der Waals surface area contributed by atoms with Gasteiger partial charge in [0.25, 0.3) is 5.91 Å². The van der Waals surface area contributed by atoms with Gasteiger partial charge in [-0.1, -0.05) is 0 Å². The minimum absolute atomic E-state index is 0.263. The van der Waals surface area contributed by atoms with Crippen LogP contribution in [0.4, 0.5) is 0 Å². The van der Waals surface area contributed by atoms with E-state index in [1.54, 1.807) is 0 Å². The molecule has 2 N–H and O–H groups in total. The first-order valence-electron chi connectivity index (χ1n) is 5.05. The van der Waals surface area contributed by atoms with Gasteiger partial charge in [-0.3, -0.25) is 4.79 Å². The lowest BCUT2D eigenvalue weighted by molar-refractivity contribution is -0.917. The number of fused-ring (bicyclic) bond motifs is 1. The van der Waals surface area contributed by atoms with Crippen LogP contribution in [-0.4, -0.2) is 35.5 Å². The molecule has 1 aromatic heterocycles. The molecule has 2 rings (SSSR count). The molecule has 15 heavy (non-hydrogen) atoms. The molecule has 0 radical (unpaired) electrons. The number of aryl methyl sites for hydroxylation is 1. The predicted molar refractivity (Wildman–Crippen MR) is 53.8 cm³/mol. The maximum absolute atomic E-state index is 11.0. The van der Waals surface area contributed by atoms with E-state index in [2.05, 4.69) is 4.98 Å². The van der Waals surface area contributed by atoms with Crippen LogP contribution in [0.3, 0.4) is 0 Å². The second-order valence-corrected chi connectivity index (χ2v) is 4.48. The summed E-state index contributed by atoms with van der Waals surface area (Å²) in [6.07, 6.45) is 0.833. The van der Waals surface area contributed by atoms with Crippen molar-refractivity contribution in [2.75, 3.05) is 20.1 Å². The molecule has 1 aliphatic heterocycles. The molecule has 1 aromatic rings. The van der Waals surface area contributed by atoms with Crippen molar-refractivity contribution in [3.05, 3.63) is 17.3 Å². The second-order valence-electron chi connectivity index (χ2n) is 4.48. The molecular weight excluding hydrogens is 194 g/mol. The maximum atomic E-state index is 11.0. The van der Waals surface area contributed by atoms with E-state index in [1.807, 2.05) is 14.0 Å². The summed E-state index contributed by atoms with van der Waals surface area (Å²) in [6, 6.07) is 0. The average Bonchev–Trinajstić information content (AvgIpc) is 2.41. The summed E-state index contributed by atoms with van der Waals surface area (Å²) >= 11 is 0. The van der Waals surface area contributed by atoms with Gasteiger partial charge in [-0.2, -0.15) is 0 Å². The van der Waals surface area contributed by atoms with E-state index in [4.69, 9.17) is 10.2 Å². The van der Waals surface area contributed by atoms with E-state index in [9.17, 15) is 4.79 Å². The zero-order valence-corrected chi connectivity index (χ0v) is 9.12. The Balaban J connectivity index is 2.20. The van der Waals surface area contributed by atoms with Gasteiger partial charge in [0, 0.05) is 6.92 Å². The predicted octanol–water partition coefficient (Wildman–Crippen LogP) is -0.0290. The number of nitrogens with zero attached hydrogens (tertiary/aromatic N) is 2. The Morgan fingerprint density at radius 2 is 2.40 bits per heavy atom. The fourth-order valence-electron chi connectivity index (χ4n) is 2.15. The Bertz CT molecular complexity index is 399. The number of quaternary nitrogens is 1. The van der Waals surface area contributed by atoms with Crippen LogP contribution < -0.4 is 5.73 Å². The second kappa shape index (κ2) is 3.34. The summed E-state index contributed by atoms with van der Waals surface area (Å²) < 4.78 is 6.10. The quantitative estimate of drug-likeness (QED) is 0.697. The van der Waals surface area contributed by atoms with Gasteiger partial charge in [0.2, 0.25) is 0 Å². The van der Waals surface area contributed by atoms with Crippen LogP contribution in [0.25, 0.3) is 0 Å². The van der Waals surface area contributed by atoms with Crippen LogP contribution in [0.5, 0.6) is 0 Å². The Morgan fingerprint density at radius 3 is 3.07 bits per heavy atom. The molecule has 0 bridgehead atoms. The van der Waals surface area contributed by atoms with E-state index in [0.717, 1.165) is 31.0 Å². The van der Waals surface area contributed by atoms with Crippen LogP contribution in [0, 0.1) is 6.92 Å². The molecule has 5 nitrogen and oxygen atoms in total. The van der Waals surface area contributed by atoms with Gasteiger partial charge >= 0.3 is 0 Å². The first-order chi connectivity index (χ1) is 6.98. The number of nitrogens with two attached hydrogens (primary N) is 1. The number of carbonyl (C=O) groups is 1. The highest BCUT2D eigenvalue weighted by molar-refractivity contribution is 5.74. The largest absolute Gasteiger partial charge is 0.445 e. The molecule has 1 unspecified atom stereocenters. The zero-order valence-electron chi connectivity index (χ0n) is 9.12. The van der Waals surface area contributed by atoms with Crippen molar-refractivity contribution in [1.82, 2.24) is 4.98 Å². The number of likely N-dealkylation sites (N-methyl/N-ethyl adjacent to an activating group) is 1. The summed E-state index contributed by atoms with van der Waals surface area (Å²) in [5.41, 5.74) is 6.21. The highest BCUT2D eigenvalue weighted by atomic mass is 16.4. The highest BCUT2D eigenvalue weighted by Crippen LogP contribution is 2.23. The highest BCUT2D eigenvalue weighted by Gasteiger charge is 2.33. The number of hydrogen-bond acceptors (Lipinski definition) is 3. The number of primary amides is 1. The van der Waals surface area contributed by atoms with E-state index >= 15 is 0 Å². The zero-order chi connectivity index (χ0) is 11.1. The van der Waals surface area contributed by atoms with E-state index < -0.39 is 0 Å². The standard InChI is InChI=1S/C10H15N3O2/c1-7-12-8-5-13(2,6-10(11)14)4-3-9(8)15-7/h3-6H2,1-2H3,(H-,11,14)/p+1. The molecule has 1 aliphatic rings. The summed E-state index contributed by atoms with van der Waals surface area (Å²) in [6.45, 7) is 3.82. The fourth-order valence-corrected chi connectivity index (χ4v) is 2.15. The number of hydrogen-bond donors (Lipinski definition) is 1. The number of carbonyl (C=O) groups excluding carboxylic acids is 1. The van der Waals surface area contributed by atoms with Crippen molar-refractivity contribution in [3.63, 3.8) is 0 Å². The minimum Gasteiger partial charge on any atom is -0.445 e. The lowest BCUT2D eigenvalue weighted by Crippen LogP contribution is -2.51. The smallest absolute Gasteiger partial charge is 0.272 e. The third kappa shape index (κ3) is 2.02. The summed E-state index contributed by atoms with van der Waals surface area (Å²) in [4.78, 5) is 15.3. The molecule has 5 heteroatoms. The number of rotatable bonds is 2. The topological polar surface area (TPSA) is 69.1 Å². The van der Waals surface area contributed by atoms with Crippen LogP contribution in [0.15, 0.2) is 4.42 Å². The van der Waals surface area contributed by atoms with Crippen LogP contribution >= 0.6 is 0 Å². The monoisotopic (exact) mass is 210 g/mol. The van der Waals surface area contributed by atoms with Crippen LogP contribution in [-0.2, 0) is 17.8 Å². The summed E-state index contributed by atoms with van der Waals surface area (Å²) in [7, 11) is 2.03. The number of oxazole rings is 1. The summed E-state index contributed by atoms with van der Waals surface area (Å²) in [5.74, 6) is 1.40. The van der Waals surface area contributed by atoms with Gasteiger partial charge in [-0.25, -0.2) is 4.98 Å². The molecule has 1 atom stereocenters. The van der Waals surface area contributed by atoms with Crippen molar-refractivity contribution < 1.29 is 13.7 Å². The van der Waals surface area contributed by atoms with Crippen LogP contribution in [0.1, 0.15) is 17.3 Å². The van der Waals surface area contributed by atoms with Crippen molar-refractivity contribution in [2.45, 2.75) is 19.9 Å². The minimum atomic E-state index is -0.263. The Labute approximate surface area is 88.5 Å². The molecule has 0 aromatic carbocycles. The molecule has 0 spiro atoms.